The summed E-state index contributed by atoms with van der Waals surface area (Å²) >= 11 is 0. The molecular weight excluding hydrogens is 162 g/mol. The minimum Gasteiger partial charge on any atom is -0.309 e. The first-order chi connectivity index (χ1) is 5.70. The van der Waals surface area contributed by atoms with Crippen molar-refractivity contribution in [2.75, 3.05) is 26.2 Å². The number of nitrogens with one attached hydrogen (secondary N) is 1. The summed E-state index contributed by atoms with van der Waals surface area (Å²) in [5, 5.41) is 3.39. The minimum atomic E-state index is -2.18. The fraction of sp³-hybridized carbons (Fsp3) is 1.00. The summed E-state index contributed by atoms with van der Waals surface area (Å²) in [5.41, 5.74) is 0.229. The molecule has 1 saturated carbocycles. The SMILES string of the molecule is FC(F)CN1CCNC2(CC2)C1. The number of hydrogen-bond donors (Lipinski definition) is 1. The Bertz CT molecular complexity index is 168. The Morgan fingerprint density at radius 1 is 1.42 bits per heavy atom. The van der Waals surface area contributed by atoms with Gasteiger partial charge in [-0.1, -0.05) is 0 Å². The highest BCUT2D eigenvalue weighted by Crippen LogP contribution is 2.37. The van der Waals surface area contributed by atoms with Gasteiger partial charge in [-0.05, 0) is 12.8 Å². The lowest BCUT2D eigenvalue weighted by Gasteiger charge is -2.33. The fourth-order valence-electron chi connectivity index (χ4n) is 1.88. The molecule has 1 spiro atoms. The summed E-state index contributed by atoms with van der Waals surface area (Å²) in [5.74, 6) is 0. The average molecular weight is 176 g/mol. The highest BCUT2D eigenvalue weighted by molar-refractivity contribution is 5.06. The molecular formula is C8H14F2N2. The Labute approximate surface area is 70.9 Å². The quantitative estimate of drug-likeness (QED) is 0.666. The molecule has 2 fully saturated rings. The van der Waals surface area contributed by atoms with Gasteiger partial charge in [0.2, 0.25) is 0 Å². The van der Waals surface area contributed by atoms with E-state index >= 15 is 0 Å². The third-order valence-corrected chi connectivity index (χ3v) is 2.70. The smallest absolute Gasteiger partial charge is 0.251 e. The van der Waals surface area contributed by atoms with E-state index in [4.69, 9.17) is 0 Å². The molecule has 1 saturated heterocycles. The summed E-state index contributed by atoms with van der Waals surface area (Å²) < 4.78 is 24.1. The Balaban J connectivity index is 1.83. The number of piperazine rings is 1. The number of alkyl halides is 2. The van der Waals surface area contributed by atoms with Gasteiger partial charge in [-0.2, -0.15) is 0 Å². The van der Waals surface area contributed by atoms with Gasteiger partial charge < -0.3 is 5.32 Å². The molecule has 0 aromatic rings. The lowest BCUT2D eigenvalue weighted by molar-refractivity contribution is 0.0699. The molecule has 0 atom stereocenters. The zero-order chi connectivity index (χ0) is 8.60. The van der Waals surface area contributed by atoms with Crippen molar-refractivity contribution in [1.82, 2.24) is 10.2 Å². The molecule has 1 N–H and O–H groups in total. The fourth-order valence-corrected chi connectivity index (χ4v) is 1.88. The van der Waals surface area contributed by atoms with Crippen LogP contribution < -0.4 is 5.32 Å². The predicted octanol–water partition coefficient (Wildman–Crippen LogP) is 0.689. The van der Waals surface area contributed by atoms with E-state index in [1.165, 1.54) is 0 Å². The molecule has 0 bridgehead atoms. The van der Waals surface area contributed by atoms with E-state index in [-0.39, 0.29) is 12.1 Å². The van der Waals surface area contributed by atoms with Gasteiger partial charge >= 0.3 is 0 Å². The summed E-state index contributed by atoms with van der Waals surface area (Å²) in [6.45, 7) is 2.40. The molecule has 1 heterocycles. The van der Waals surface area contributed by atoms with Crippen LogP contribution in [-0.4, -0.2) is 43.0 Å². The molecule has 1 aliphatic heterocycles. The normalized spacial score (nSPS) is 28.2. The van der Waals surface area contributed by atoms with Crippen molar-refractivity contribution in [1.29, 1.82) is 0 Å². The molecule has 70 valence electrons. The highest BCUT2D eigenvalue weighted by atomic mass is 19.3. The van der Waals surface area contributed by atoms with Gasteiger partial charge in [0.1, 0.15) is 0 Å². The second kappa shape index (κ2) is 2.92. The van der Waals surface area contributed by atoms with Crippen molar-refractivity contribution >= 4 is 0 Å². The Morgan fingerprint density at radius 3 is 2.75 bits per heavy atom. The standard InChI is InChI=1S/C8H14F2N2/c9-7(10)5-12-4-3-11-8(6-12)1-2-8/h7,11H,1-6H2. The third kappa shape index (κ3) is 1.75. The van der Waals surface area contributed by atoms with Gasteiger partial charge in [0.05, 0.1) is 6.54 Å². The Morgan fingerprint density at radius 2 is 2.17 bits per heavy atom. The van der Waals surface area contributed by atoms with Gasteiger partial charge in [0.25, 0.3) is 6.43 Å². The molecule has 0 unspecified atom stereocenters. The first-order valence-corrected chi connectivity index (χ1v) is 4.46. The first-order valence-electron chi connectivity index (χ1n) is 4.46. The predicted molar refractivity (Wildman–Crippen MR) is 42.4 cm³/mol. The van der Waals surface area contributed by atoms with Crippen molar-refractivity contribution in [2.45, 2.75) is 24.8 Å². The van der Waals surface area contributed by atoms with Crippen LogP contribution in [0.15, 0.2) is 0 Å². The topological polar surface area (TPSA) is 15.3 Å². The van der Waals surface area contributed by atoms with Crippen molar-refractivity contribution in [3.63, 3.8) is 0 Å². The van der Waals surface area contributed by atoms with E-state index in [0.29, 0.717) is 0 Å². The van der Waals surface area contributed by atoms with Gasteiger partial charge in [0, 0.05) is 25.2 Å². The largest absolute Gasteiger partial charge is 0.309 e. The number of halogens is 2. The van der Waals surface area contributed by atoms with Crippen molar-refractivity contribution < 1.29 is 8.78 Å². The first kappa shape index (κ1) is 8.38. The Kier molecular flexibility index (Phi) is 2.04. The molecule has 4 heteroatoms. The summed E-state index contributed by atoms with van der Waals surface area (Å²) in [6.07, 6.45) is 0.137. The maximum absolute atomic E-state index is 12.0. The number of nitrogens with zero attached hydrogens (tertiary/aromatic N) is 1. The lowest BCUT2D eigenvalue weighted by Crippen LogP contribution is -2.53. The summed E-state index contributed by atoms with van der Waals surface area (Å²) in [4.78, 5) is 1.87. The van der Waals surface area contributed by atoms with Gasteiger partial charge in [-0.3, -0.25) is 4.90 Å². The minimum absolute atomic E-state index is 0.0522. The van der Waals surface area contributed by atoms with E-state index in [2.05, 4.69) is 5.32 Å². The zero-order valence-electron chi connectivity index (χ0n) is 7.02. The molecule has 1 aliphatic carbocycles. The lowest BCUT2D eigenvalue weighted by atomic mass is 10.2. The van der Waals surface area contributed by atoms with E-state index in [1.54, 1.807) is 0 Å². The number of rotatable bonds is 2. The molecule has 2 rings (SSSR count). The molecule has 0 aromatic heterocycles. The van der Waals surface area contributed by atoms with Crippen LogP contribution in [0.25, 0.3) is 0 Å². The average Bonchev–Trinajstić information content (AvgIpc) is 2.68. The molecule has 2 nitrogen and oxygen atoms in total. The Hall–Kier alpha value is -0.220. The summed E-state index contributed by atoms with van der Waals surface area (Å²) in [7, 11) is 0. The van der Waals surface area contributed by atoms with E-state index in [0.717, 1.165) is 32.5 Å². The van der Waals surface area contributed by atoms with Crippen LogP contribution in [0.4, 0.5) is 8.78 Å². The van der Waals surface area contributed by atoms with Crippen LogP contribution >= 0.6 is 0 Å². The second-order valence-corrected chi connectivity index (χ2v) is 3.83. The maximum Gasteiger partial charge on any atom is 0.251 e. The van der Waals surface area contributed by atoms with Crippen molar-refractivity contribution in [3.8, 4) is 0 Å². The molecule has 2 aliphatic rings. The molecule has 0 amide bonds. The van der Waals surface area contributed by atoms with Crippen LogP contribution in [0.5, 0.6) is 0 Å². The van der Waals surface area contributed by atoms with E-state index in [9.17, 15) is 8.78 Å². The molecule has 12 heavy (non-hydrogen) atoms. The van der Waals surface area contributed by atoms with Crippen molar-refractivity contribution in [3.05, 3.63) is 0 Å². The zero-order valence-corrected chi connectivity index (χ0v) is 7.02. The van der Waals surface area contributed by atoms with Crippen LogP contribution in [0.1, 0.15) is 12.8 Å². The van der Waals surface area contributed by atoms with Gasteiger partial charge in [0.15, 0.2) is 0 Å². The highest BCUT2D eigenvalue weighted by Gasteiger charge is 2.45. The van der Waals surface area contributed by atoms with Crippen LogP contribution in [0, 0.1) is 0 Å². The van der Waals surface area contributed by atoms with E-state index < -0.39 is 6.43 Å². The van der Waals surface area contributed by atoms with Crippen LogP contribution in [0.2, 0.25) is 0 Å². The maximum atomic E-state index is 12.0. The molecule has 0 aromatic carbocycles. The van der Waals surface area contributed by atoms with Crippen LogP contribution in [-0.2, 0) is 0 Å². The van der Waals surface area contributed by atoms with Gasteiger partial charge in [-0.25, -0.2) is 8.78 Å². The third-order valence-electron chi connectivity index (χ3n) is 2.70. The van der Waals surface area contributed by atoms with Crippen LogP contribution in [0.3, 0.4) is 0 Å². The number of hydrogen-bond acceptors (Lipinski definition) is 2. The second-order valence-electron chi connectivity index (χ2n) is 3.83. The van der Waals surface area contributed by atoms with E-state index in [1.807, 2.05) is 4.90 Å². The van der Waals surface area contributed by atoms with Crippen molar-refractivity contribution in [2.24, 2.45) is 0 Å². The monoisotopic (exact) mass is 176 g/mol. The molecule has 0 radical (unpaired) electrons. The summed E-state index contributed by atoms with van der Waals surface area (Å²) in [6, 6.07) is 0. The van der Waals surface area contributed by atoms with Gasteiger partial charge in [-0.15, -0.1) is 0 Å².